The van der Waals surface area contributed by atoms with Gasteiger partial charge in [-0.05, 0) is 49.9 Å². The molecule has 0 spiro atoms. The molecule has 0 bridgehead atoms. The molecule has 1 aromatic carbocycles. The van der Waals surface area contributed by atoms with Crippen molar-refractivity contribution in [3.63, 3.8) is 0 Å². The van der Waals surface area contributed by atoms with Gasteiger partial charge >= 0.3 is 0 Å². The average Bonchev–Trinajstić information content (AvgIpc) is 2.68. The topological polar surface area (TPSA) is 58.6 Å². The van der Waals surface area contributed by atoms with E-state index in [1.165, 1.54) is 30.7 Å². The molecule has 1 heterocycles. The van der Waals surface area contributed by atoms with Gasteiger partial charge in [0.1, 0.15) is 11.6 Å². The minimum Gasteiger partial charge on any atom is -0.484 e. The summed E-state index contributed by atoms with van der Waals surface area (Å²) in [6.45, 7) is 1.20. The molecule has 26 heavy (non-hydrogen) atoms. The second kappa shape index (κ2) is 9.01. The highest BCUT2D eigenvalue weighted by Crippen LogP contribution is 2.24. The van der Waals surface area contributed by atoms with Gasteiger partial charge in [0.05, 0.1) is 0 Å². The maximum absolute atomic E-state index is 12.9. The fourth-order valence-electron chi connectivity index (χ4n) is 3.72. The summed E-state index contributed by atoms with van der Waals surface area (Å²) in [4.78, 5) is 26.4. The van der Waals surface area contributed by atoms with E-state index in [2.05, 4.69) is 5.32 Å². The largest absolute Gasteiger partial charge is 0.484 e. The maximum Gasteiger partial charge on any atom is 0.260 e. The van der Waals surface area contributed by atoms with E-state index in [1.54, 1.807) is 4.90 Å². The van der Waals surface area contributed by atoms with Crippen LogP contribution >= 0.6 is 0 Å². The van der Waals surface area contributed by atoms with E-state index in [-0.39, 0.29) is 36.2 Å². The highest BCUT2D eigenvalue weighted by atomic mass is 19.1. The predicted octanol–water partition coefficient (Wildman–Crippen LogP) is 2.89. The van der Waals surface area contributed by atoms with Crippen molar-refractivity contribution in [3.8, 4) is 5.75 Å². The molecule has 142 valence electrons. The van der Waals surface area contributed by atoms with Crippen LogP contribution in [0.3, 0.4) is 0 Å². The third-order valence-electron chi connectivity index (χ3n) is 5.35. The number of hydrogen-bond acceptors (Lipinski definition) is 3. The van der Waals surface area contributed by atoms with Crippen molar-refractivity contribution in [3.05, 3.63) is 30.1 Å². The number of nitrogens with one attached hydrogen (secondary N) is 1. The second-order valence-electron chi connectivity index (χ2n) is 7.24. The van der Waals surface area contributed by atoms with Gasteiger partial charge in [-0.1, -0.05) is 19.3 Å². The lowest BCUT2D eigenvalue weighted by molar-refractivity contribution is -0.134. The molecule has 3 rings (SSSR count). The number of amides is 2. The number of carbonyl (C=O) groups excluding carboxylic acids is 2. The van der Waals surface area contributed by atoms with Gasteiger partial charge in [-0.2, -0.15) is 0 Å². The Morgan fingerprint density at radius 2 is 1.69 bits per heavy atom. The number of hydrogen-bond donors (Lipinski definition) is 1. The molecular formula is C20H27FN2O3. The number of likely N-dealkylation sites (tertiary alicyclic amines) is 1. The van der Waals surface area contributed by atoms with Gasteiger partial charge in [0.15, 0.2) is 6.61 Å². The summed E-state index contributed by atoms with van der Waals surface area (Å²) in [7, 11) is 0. The van der Waals surface area contributed by atoms with E-state index in [0.717, 1.165) is 38.5 Å². The number of nitrogens with zero attached hydrogens (tertiary/aromatic N) is 1. The van der Waals surface area contributed by atoms with Gasteiger partial charge in [0, 0.05) is 25.0 Å². The summed E-state index contributed by atoms with van der Waals surface area (Å²) in [5, 5.41) is 3.17. The van der Waals surface area contributed by atoms with Gasteiger partial charge in [0.2, 0.25) is 5.91 Å². The summed E-state index contributed by atoms with van der Waals surface area (Å²) < 4.78 is 18.3. The fourth-order valence-corrected chi connectivity index (χ4v) is 3.72. The quantitative estimate of drug-likeness (QED) is 0.876. The van der Waals surface area contributed by atoms with Crippen LogP contribution in [0.25, 0.3) is 0 Å². The summed E-state index contributed by atoms with van der Waals surface area (Å²) in [5.41, 5.74) is 0. The first-order valence-corrected chi connectivity index (χ1v) is 9.58. The molecule has 2 amide bonds. The zero-order chi connectivity index (χ0) is 18.4. The van der Waals surface area contributed by atoms with Crippen molar-refractivity contribution in [1.29, 1.82) is 0 Å². The van der Waals surface area contributed by atoms with E-state index in [1.807, 2.05) is 0 Å². The number of ether oxygens (including phenoxy) is 1. The minimum absolute atomic E-state index is 0.0509. The van der Waals surface area contributed by atoms with Crippen LogP contribution in [-0.2, 0) is 9.59 Å². The van der Waals surface area contributed by atoms with E-state index in [0.29, 0.717) is 18.8 Å². The number of carbonyl (C=O) groups is 2. The molecule has 2 fully saturated rings. The van der Waals surface area contributed by atoms with Gasteiger partial charge in [-0.15, -0.1) is 0 Å². The highest BCUT2D eigenvalue weighted by molar-refractivity contribution is 5.79. The molecule has 1 aromatic rings. The lowest BCUT2D eigenvalue weighted by Gasteiger charge is -2.33. The molecule has 1 saturated heterocycles. The van der Waals surface area contributed by atoms with Crippen molar-refractivity contribution in [1.82, 2.24) is 10.2 Å². The minimum atomic E-state index is -0.332. The lowest BCUT2D eigenvalue weighted by atomic mass is 9.88. The summed E-state index contributed by atoms with van der Waals surface area (Å²) in [6.07, 6.45) is 7.11. The zero-order valence-electron chi connectivity index (χ0n) is 15.1. The Balaban J connectivity index is 1.38. The first-order chi connectivity index (χ1) is 12.6. The molecule has 5 nitrogen and oxygen atoms in total. The van der Waals surface area contributed by atoms with E-state index < -0.39 is 0 Å². The summed E-state index contributed by atoms with van der Waals surface area (Å²) in [5.74, 6) is 0.434. The molecule has 0 atom stereocenters. The zero-order valence-corrected chi connectivity index (χ0v) is 15.1. The average molecular weight is 362 g/mol. The number of piperidine rings is 1. The van der Waals surface area contributed by atoms with E-state index >= 15 is 0 Å². The van der Waals surface area contributed by atoms with Crippen LogP contribution in [0, 0.1) is 11.7 Å². The molecule has 6 heteroatoms. The Kier molecular flexibility index (Phi) is 6.47. The SMILES string of the molecule is O=C(NC1CCN(C(=O)COc2ccc(F)cc2)CC1)C1CCCCC1. The van der Waals surface area contributed by atoms with Crippen LogP contribution in [0.4, 0.5) is 4.39 Å². The third-order valence-corrected chi connectivity index (χ3v) is 5.35. The highest BCUT2D eigenvalue weighted by Gasteiger charge is 2.27. The van der Waals surface area contributed by atoms with Gasteiger partial charge in [-0.25, -0.2) is 4.39 Å². The van der Waals surface area contributed by atoms with Crippen molar-refractivity contribution in [2.75, 3.05) is 19.7 Å². The summed E-state index contributed by atoms with van der Waals surface area (Å²) in [6, 6.07) is 5.79. The van der Waals surface area contributed by atoms with Crippen molar-refractivity contribution < 1.29 is 18.7 Å². The number of halogens is 1. The normalized spacial score (nSPS) is 19.2. The molecule has 0 aromatic heterocycles. The predicted molar refractivity (Wildman–Crippen MR) is 96.2 cm³/mol. The van der Waals surface area contributed by atoms with Crippen molar-refractivity contribution in [2.24, 2.45) is 5.92 Å². The Morgan fingerprint density at radius 3 is 2.35 bits per heavy atom. The molecule has 1 saturated carbocycles. The maximum atomic E-state index is 12.9. The van der Waals surface area contributed by atoms with Crippen LogP contribution in [0.1, 0.15) is 44.9 Å². The number of benzene rings is 1. The first-order valence-electron chi connectivity index (χ1n) is 9.58. The van der Waals surface area contributed by atoms with Crippen molar-refractivity contribution >= 4 is 11.8 Å². The molecule has 0 radical (unpaired) electrons. The Labute approximate surface area is 153 Å². The second-order valence-corrected chi connectivity index (χ2v) is 7.24. The molecular weight excluding hydrogens is 335 g/mol. The van der Waals surface area contributed by atoms with E-state index in [4.69, 9.17) is 4.74 Å². The molecule has 1 aliphatic heterocycles. The van der Waals surface area contributed by atoms with Crippen LogP contribution in [0.5, 0.6) is 5.75 Å². The Hall–Kier alpha value is -2.11. The van der Waals surface area contributed by atoms with Crippen LogP contribution in [0.15, 0.2) is 24.3 Å². The smallest absolute Gasteiger partial charge is 0.260 e. The van der Waals surface area contributed by atoms with Gasteiger partial charge in [-0.3, -0.25) is 9.59 Å². The lowest BCUT2D eigenvalue weighted by Crippen LogP contribution is -2.48. The molecule has 1 aliphatic carbocycles. The van der Waals surface area contributed by atoms with Crippen LogP contribution < -0.4 is 10.1 Å². The summed E-state index contributed by atoms with van der Waals surface area (Å²) >= 11 is 0. The first kappa shape index (κ1) is 18.7. The standard InChI is InChI=1S/C20H27FN2O3/c21-16-6-8-18(9-7-16)26-14-19(24)23-12-10-17(11-13-23)22-20(25)15-4-2-1-3-5-15/h6-9,15,17H,1-5,10-14H2,(H,22,25). The molecule has 1 N–H and O–H groups in total. The van der Waals surface area contributed by atoms with Gasteiger partial charge < -0.3 is 15.0 Å². The molecule has 0 unspecified atom stereocenters. The molecule has 2 aliphatic rings. The van der Waals surface area contributed by atoms with Gasteiger partial charge in [0.25, 0.3) is 5.91 Å². The van der Waals surface area contributed by atoms with Crippen LogP contribution in [-0.4, -0.2) is 42.5 Å². The van der Waals surface area contributed by atoms with E-state index in [9.17, 15) is 14.0 Å². The monoisotopic (exact) mass is 362 g/mol. The number of rotatable bonds is 5. The van der Waals surface area contributed by atoms with Crippen LogP contribution in [0.2, 0.25) is 0 Å². The van der Waals surface area contributed by atoms with Crippen molar-refractivity contribution in [2.45, 2.75) is 51.0 Å². The Bertz CT molecular complexity index is 606. The third kappa shape index (κ3) is 5.19. The fraction of sp³-hybridized carbons (Fsp3) is 0.600. The Morgan fingerprint density at radius 1 is 1.04 bits per heavy atom.